The molecule has 0 spiro atoms. The van der Waals surface area contributed by atoms with Crippen molar-refractivity contribution in [2.45, 2.75) is 16.4 Å². The van der Waals surface area contributed by atoms with Crippen LogP contribution in [0.5, 0.6) is 5.75 Å². The van der Waals surface area contributed by atoms with Gasteiger partial charge in [0.25, 0.3) is 15.5 Å². The number of anilines is 1. The molecule has 0 fully saturated rings. The van der Waals surface area contributed by atoms with Gasteiger partial charge in [-0.1, -0.05) is 12.1 Å². The molecule has 2 aromatic carbocycles. The Morgan fingerprint density at radius 1 is 1.22 bits per heavy atom. The normalized spacial score (nSPS) is 12.9. The van der Waals surface area contributed by atoms with Crippen LogP contribution in [0, 0.1) is 10.1 Å². The Labute approximate surface area is 180 Å². The van der Waals surface area contributed by atoms with Crippen LogP contribution >= 0.6 is 0 Å². The van der Waals surface area contributed by atoms with E-state index >= 15 is 0 Å². The van der Waals surface area contributed by atoms with Crippen LogP contribution in [0.3, 0.4) is 0 Å². The Morgan fingerprint density at radius 2 is 1.94 bits per heavy atom. The SMILES string of the molecule is COc1cccc(C(Nc2ccc(S(=O)(=O)C(F)(F)F)cc2[N+](=O)[O-])c2nccn2C)c1. The van der Waals surface area contributed by atoms with E-state index in [1.165, 1.54) is 13.3 Å². The number of aryl methyl sites for hydroxylation is 1. The highest BCUT2D eigenvalue weighted by atomic mass is 32.2. The maximum absolute atomic E-state index is 12.9. The summed E-state index contributed by atoms with van der Waals surface area (Å²) in [6.07, 6.45) is 3.16. The van der Waals surface area contributed by atoms with E-state index in [-0.39, 0.29) is 5.69 Å². The van der Waals surface area contributed by atoms with Crippen molar-refractivity contribution in [1.29, 1.82) is 0 Å². The third-order valence-electron chi connectivity index (χ3n) is 4.62. The zero-order chi connectivity index (χ0) is 23.7. The van der Waals surface area contributed by atoms with Gasteiger partial charge in [0.05, 0.1) is 16.9 Å². The molecule has 13 heteroatoms. The molecule has 0 aliphatic rings. The average molecular weight is 470 g/mol. The van der Waals surface area contributed by atoms with Crippen molar-refractivity contribution in [2.24, 2.45) is 7.05 Å². The van der Waals surface area contributed by atoms with Gasteiger partial charge in [-0.3, -0.25) is 10.1 Å². The lowest BCUT2D eigenvalue weighted by Gasteiger charge is -2.21. The molecular weight excluding hydrogens is 453 g/mol. The molecule has 1 aromatic heterocycles. The van der Waals surface area contributed by atoms with Gasteiger partial charge < -0.3 is 14.6 Å². The molecule has 0 bridgehead atoms. The maximum atomic E-state index is 12.9. The summed E-state index contributed by atoms with van der Waals surface area (Å²) < 4.78 is 68.9. The van der Waals surface area contributed by atoms with Crippen molar-refractivity contribution in [3.8, 4) is 5.75 Å². The molecule has 0 saturated carbocycles. The third kappa shape index (κ3) is 4.37. The minimum atomic E-state index is -5.75. The number of nitrogens with one attached hydrogen (secondary N) is 1. The molecule has 3 rings (SSSR count). The van der Waals surface area contributed by atoms with Crippen molar-refractivity contribution in [2.75, 3.05) is 12.4 Å². The first kappa shape index (κ1) is 23.1. The number of nitro benzene ring substituents is 1. The summed E-state index contributed by atoms with van der Waals surface area (Å²) in [4.78, 5) is 13.6. The number of halogens is 3. The molecule has 9 nitrogen and oxygen atoms in total. The summed E-state index contributed by atoms with van der Waals surface area (Å²) in [5, 5.41) is 14.5. The third-order valence-corrected chi connectivity index (χ3v) is 6.11. The van der Waals surface area contributed by atoms with Crippen molar-refractivity contribution in [1.82, 2.24) is 9.55 Å². The monoisotopic (exact) mass is 470 g/mol. The number of alkyl halides is 3. The number of nitrogens with zero attached hydrogens (tertiary/aromatic N) is 3. The van der Waals surface area contributed by atoms with Gasteiger partial charge in [-0.2, -0.15) is 13.2 Å². The zero-order valence-electron chi connectivity index (χ0n) is 16.7. The summed E-state index contributed by atoms with van der Waals surface area (Å²) >= 11 is 0. The number of imidazole rings is 1. The first-order valence-electron chi connectivity index (χ1n) is 8.93. The minimum absolute atomic E-state index is 0.188. The molecule has 1 atom stereocenters. The van der Waals surface area contributed by atoms with Gasteiger partial charge in [-0.25, -0.2) is 13.4 Å². The van der Waals surface area contributed by atoms with Gasteiger partial charge in [0.15, 0.2) is 0 Å². The van der Waals surface area contributed by atoms with Gasteiger partial charge in [0.2, 0.25) is 0 Å². The van der Waals surface area contributed by atoms with Crippen LogP contribution in [0.25, 0.3) is 0 Å². The smallest absolute Gasteiger partial charge is 0.497 e. The molecule has 1 heterocycles. The molecule has 3 aromatic rings. The number of rotatable bonds is 7. The number of nitro groups is 1. The van der Waals surface area contributed by atoms with E-state index in [9.17, 15) is 31.7 Å². The fourth-order valence-electron chi connectivity index (χ4n) is 3.01. The minimum Gasteiger partial charge on any atom is -0.497 e. The van der Waals surface area contributed by atoms with E-state index in [1.54, 1.807) is 42.1 Å². The fourth-order valence-corrected chi connectivity index (χ4v) is 3.80. The molecule has 170 valence electrons. The van der Waals surface area contributed by atoms with E-state index in [1.807, 2.05) is 0 Å². The Kier molecular flexibility index (Phi) is 6.12. The first-order chi connectivity index (χ1) is 15.0. The van der Waals surface area contributed by atoms with Crippen molar-refractivity contribution >= 4 is 21.2 Å². The number of aromatic nitrogens is 2. The lowest BCUT2D eigenvalue weighted by atomic mass is 10.0. The quantitative estimate of drug-likeness (QED) is 0.412. The summed E-state index contributed by atoms with van der Waals surface area (Å²) in [5.74, 6) is 0.948. The number of ether oxygens (including phenoxy) is 1. The first-order valence-corrected chi connectivity index (χ1v) is 10.4. The molecule has 0 aliphatic heterocycles. The number of methoxy groups -OCH3 is 1. The largest absolute Gasteiger partial charge is 0.501 e. The lowest BCUT2D eigenvalue weighted by Crippen LogP contribution is -2.23. The predicted octanol–water partition coefficient (Wildman–Crippen LogP) is 3.83. The topological polar surface area (TPSA) is 116 Å². The van der Waals surface area contributed by atoms with Gasteiger partial charge >= 0.3 is 5.51 Å². The molecule has 0 radical (unpaired) electrons. The highest BCUT2D eigenvalue weighted by Crippen LogP contribution is 2.37. The Morgan fingerprint density at radius 3 is 2.50 bits per heavy atom. The Bertz CT molecular complexity index is 1260. The van der Waals surface area contributed by atoms with Crippen LogP contribution < -0.4 is 10.1 Å². The van der Waals surface area contributed by atoms with Crippen molar-refractivity contribution < 1.29 is 31.2 Å². The molecule has 0 amide bonds. The predicted molar refractivity (Wildman–Crippen MR) is 108 cm³/mol. The van der Waals surface area contributed by atoms with E-state index < -0.39 is 36.9 Å². The van der Waals surface area contributed by atoms with E-state index in [0.29, 0.717) is 29.3 Å². The number of hydrogen-bond acceptors (Lipinski definition) is 7. The highest BCUT2D eigenvalue weighted by Gasteiger charge is 2.47. The van der Waals surface area contributed by atoms with Crippen LogP contribution in [0.15, 0.2) is 59.8 Å². The Balaban J connectivity index is 2.12. The van der Waals surface area contributed by atoms with Crippen LogP contribution in [0.2, 0.25) is 0 Å². The number of hydrogen-bond donors (Lipinski definition) is 1. The molecule has 32 heavy (non-hydrogen) atoms. The standard InChI is InChI=1S/C19H17F3N4O5S/c1-25-9-8-23-18(25)17(12-4-3-5-13(10-12)31-2)24-15-7-6-14(11-16(15)26(27)28)32(29,30)19(20,21)22/h3-11,17,24H,1-2H3. The van der Waals surface area contributed by atoms with E-state index in [2.05, 4.69) is 10.3 Å². The van der Waals surface area contributed by atoms with Gasteiger partial charge in [0.1, 0.15) is 23.3 Å². The number of benzene rings is 2. The van der Waals surface area contributed by atoms with E-state index in [0.717, 1.165) is 6.07 Å². The second kappa shape index (κ2) is 8.49. The van der Waals surface area contributed by atoms with Crippen LogP contribution in [-0.4, -0.2) is 35.5 Å². The van der Waals surface area contributed by atoms with Gasteiger partial charge in [-0.05, 0) is 29.8 Å². The van der Waals surface area contributed by atoms with Crippen LogP contribution in [-0.2, 0) is 16.9 Å². The lowest BCUT2D eigenvalue weighted by molar-refractivity contribution is -0.384. The molecule has 0 saturated heterocycles. The van der Waals surface area contributed by atoms with Gasteiger partial charge in [-0.15, -0.1) is 0 Å². The maximum Gasteiger partial charge on any atom is 0.501 e. The summed E-state index contributed by atoms with van der Waals surface area (Å²) in [6.45, 7) is 0. The number of sulfone groups is 1. The summed E-state index contributed by atoms with van der Waals surface area (Å²) in [6, 6.07) is 7.97. The molecule has 1 N–H and O–H groups in total. The van der Waals surface area contributed by atoms with Crippen molar-refractivity contribution in [3.63, 3.8) is 0 Å². The molecule has 1 unspecified atom stereocenters. The van der Waals surface area contributed by atoms with Crippen LogP contribution in [0.4, 0.5) is 24.5 Å². The average Bonchev–Trinajstić information content (AvgIpc) is 3.16. The highest BCUT2D eigenvalue weighted by molar-refractivity contribution is 7.92. The van der Waals surface area contributed by atoms with Gasteiger partial charge in [0, 0.05) is 25.5 Å². The summed E-state index contributed by atoms with van der Waals surface area (Å²) in [7, 11) is -2.59. The van der Waals surface area contributed by atoms with Crippen LogP contribution in [0.1, 0.15) is 17.4 Å². The zero-order valence-corrected chi connectivity index (χ0v) is 17.5. The molecule has 0 aliphatic carbocycles. The second-order valence-electron chi connectivity index (χ2n) is 6.64. The molecular formula is C19H17F3N4O5S. The summed E-state index contributed by atoms with van der Waals surface area (Å²) in [5.41, 5.74) is -6.02. The van der Waals surface area contributed by atoms with E-state index in [4.69, 9.17) is 4.74 Å². The fraction of sp³-hybridized carbons (Fsp3) is 0.211. The Hall–Kier alpha value is -3.61. The second-order valence-corrected chi connectivity index (χ2v) is 8.58. The van der Waals surface area contributed by atoms with Crippen molar-refractivity contribution in [3.05, 3.63) is 76.4 Å².